The minimum Gasteiger partial charge on any atom is -0.457 e. The molecule has 408 valence electrons. The molecule has 69 heavy (non-hydrogen) atoms. The summed E-state index contributed by atoms with van der Waals surface area (Å²) in [4.78, 5) is 23.3. The number of allylic oxidation sites excluding steroid dienone is 4. The van der Waals surface area contributed by atoms with Gasteiger partial charge in [-0.1, -0.05) is 237 Å². The number of phosphoric ester groups is 1. The van der Waals surface area contributed by atoms with E-state index in [9.17, 15) is 39.8 Å². The average molecular weight is 1000 g/mol. The van der Waals surface area contributed by atoms with Gasteiger partial charge in [-0.3, -0.25) is 13.8 Å². The first kappa shape index (κ1) is 65.8. The molecule has 6 atom stereocenters. The molecular formula is C56H107O12P. The number of ether oxygens (including phenoxy) is 2. The SMILES string of the molecule is CCCCCC/C=C\C/C=C\CCCCCCCCCC(=O)OC(COCCCCCCCCCCCCCCCCCCCCCCCCCC)COP(=O)(O)OC1C(O)C(O)C(O)C(O)C1O. The van der Waals surface area contributed by atoms with Gasteiger partial charge in [-0.15, -0.1) is 0 Å². The van der Waals surface area contributed by atoms with Gasteiger partial charge in [0.25, 0.3) is 0 Å². The van der Waals surface area contributed by atoms with Gasteiger partial charge in [0, 0.05) is 13.0 Å². The molecule has 0 aromatic heterocycles. The lowest BCUT2D eigenvalue weighted by atomic mass is 9.85. The van der Waals surface area contributed by atoms with Crippen LogP contribution in [-0.2, 0) is 27.9 Å². The fraction of sp³-hybridized carbons (Fsp3) is 0.911. The maximum Gasteiger partial charge on any atom is 0.472 e. The van der Waals surface area contributed by atoms with Gasteiger partial charge in [0.1, 0.15) is 42.7 Å². The Bertz CT molecular complexity index is 1240. The van der Waals surface area contributed by atoms with Crippen LogP contribution in [0.1, 0.15) is 264 Å². The highest BCUT2D eigenvalue weighted by Gasteiger charge is 2.51. The highest BCUT2D eigenvalue weighted by Crippen LogP contribution is 2.47. The van der Waals surface area contributed by atoms with Crippen LogP contribution in [0.25, 0.3) is 0 Å². The number of hydrogen-bond acceptors (Lipinski definition) is 11. The molecule has 13 heteroatoms. The predicted octanol–water partition coefficient (Wildman–Crippen LogP) is 13.6. The molecule has 6 unspecified atom stereocenters. The van der Waals surface area contributed by atoms with Gasteiger partial charge >= 0.3 is 13.8 Å². The van der Waals surface area contributed by atoms with Crippen LogP contribution in [0.2, 0.25) is 0 Å². The number of aliphatic hydroxyl groups is 5. The molecule has 1 rings (SSSR count). The Hall–Kier alpha value is -1.18. The number of rotatable bonds is 50. The molecule has 0 bridgehead atoms. The van der Waals surface area contributed by atoms with Crippen molar-refractivity contribution in [1.29, 1.82) is 0 Å². The molecule has 0 saturated heterocycles. The van der Waals surface area contributed by atoms with E-state index in [1.54, 1.807) is 0 Å². The smallest absolute Gasteiger partial charge is 0.457 e. The van der Waals surface area contributed by atoms with Crippen molar-refractivity contribution in [2.24, 2.45) is 0 Å². The Kier molecular flexibility index (Phi) is 44.5. The van der Waals surface area contributed by atoms with Crippen molar-refractivity contribution in [3.63, 3.8) is 0 Å². The minimum absolute atomic E-state index is 0.0750. The molecule has 0 heterocycles. The lowest BCUT2D eigenvalue weighted by Crippen LogP contribution is -2.64. The maximum absolute atomic E-state index is 12.9. The Morgan fingerprint density at radius 2 is 0.812 bits per heavy atom. The zero-order valence-electron chi connectivity index (χ0n) is 44.1. The molecule has 0 aromatic carbocycles. The Balaban J connectivity index is 2.27. The first-order valence-corrected chi connectivity index (χ1v) is 30.2. The molecule has 0 aliphatic heterocycles. The minimum atomic E-state index is -5.02. The lowest BCUT2D eigenvalue weighted by molar-refractivity contribution is -0.220. The standard InChI is InChI=1S/C56H107O12P/c1-3-5-7-9-11-13-15-17-19-21-23-24-25-26-27-28-30-32-34-36-38-40-42-44-46-65-47-49(48-66-69(63,64)68-56-54(61)52(59)51(58)53(60)55(56)62)67-50(57)45-43-41-39-37-35-33-31-29-22-20-18-16-14-12-10-8-6-4-2/h14,16,20,22,49,51-56,58-62H,3-13,15,17-19,21,23-48H2,1-2H3,(H,63,64)/b16-14-,22-20-. The molecule has 0 aromatic rings. The van der Waals surface area contributed by atoms with Gasteiger partial charge in [-0.2, -0.15) is 0 Å². The van der Waals surface area contributed by atoms with Crippen molar-refractivity contribution in [3.8, 4) is 0 Å². The second kappa shape index (κ2) is 46.6. The summed E-state index contributed by atoms with van der Waals surface area (Å²) in [6, 6.07) is 0. The summed E-state index contributed by atoms with van der Waals surface area (Å²) in [6.07, 6.45) is 43.9. The molecule has 6 N–H and O–H groups in total. The van der Waals surface area contributed by atoms with E-state index in [2.05, 4.69) is 38.2 Å². The third-order valence-corrected chi connectivity index (χ3v) is 14.6. The fourth-order valence-corrected chi connectivity index (χ4v) is 10.0. The Morgan fingerprint density at radius 3 is 1.23 bits per heavy atom. The molecule has 1 aliphatic carbocycles. The van der Waals surface area contributed by atoms with Crippen molar-refractivity contribution in [2.75, 3.05) is 19.8 Å². The van der Waals surface area contributed by atoms with Crippen LogP contribution in [0.5, 0.6) is 0 Å². The number of esters is 1. The van der Waals surface area contributed by atoms with Crippen molar-refractivity contribution in [3.05, 3.63) is 24.3 Å². The van der Waals surface area contributed by atoms with E-state index in [4.69, 9.17) is 18.5 Å². The van der Waals surface area contributed by atoms with Gasteiger partial charge < -0.3 is 39.9 Å². The number of phosphoric acid groups is 1. The molecule has 1 saturated carbocycles. The number of hydrogen-bond donors (Lipinski definition) is 6. The third-order valence-electron chi connectivity index (χ3n) is 13.6. The van der Waals surface area contributed by atoms with Gasteiger partial charge in [0.2, 0.25) is 0 Å². The van der Waals surface area contributed by atoms with E-state index in [-0.39, 0.29) is 13.0 Å². The number of carbonyl (C=O) groups excluding carboxylic acids is 1. The summed E-state index contributed by atoms with van der Waals surface area (Å²) >= 11 is 0. The van der Waals surface area contributed by atoms with E-state index in [0.29, 0.717) is 13.0 Å². The van der Waals surface area contributed by atoms with E-state index >= 15 is 0 Å². The number of carbonyl (C=O) groups is 1. The van der Waals surface area contributed by atoms with E-state index < -0.39 is 63.1 Å². The third kappa shape index (κ3) is 38.1. The van der Waals surface area contributed by atoms with Gasteiger partial charge in [0.15, 0.2) is 0 Å². The van der Waals surface area contributed by atoms with Crippen LogP contribution in [0.4, 0.5) is 0 Å². The van der Waals surface area contributed by atoms with E-state index in [0.717, 1.165) is 57.8 Å². The second-order valence-corrected chi connectivity index (χ2v) is 21.6. The fourth-order valence-electron chi connectivity index (χ4n) is 9.04. The van der Waals surface area contributed by atoms with Gasteiger partial charge in [-0.05, 0) is 44.9 Å². The molecule has 1 aliphatic rings. The lowest BCUT2D eigenvalue weighted by Gasteiger charge is -2.41. The number of unbranched alkanes of at least 4 members (excludes halogenated alkanes) is 34. The first-order valence-electron chi connectivity index (χ1n) is 28.7. The Morgan fingerprint density at radius 1 is 0.464 bits per heavy atom. The average Bonchev–Trinajstić information content (AvgIpc) is 3.34. The van der Waals surface area contributed by atoms with Crippen molar-refractivity contribution < 1.29 is 58.3 Å². The number of aliphatic hydroxyl groups excluding tert-OH is 5. The first-order chi connectivity index (χ1) is 33.5. The molecule has 0 spiro atoms. The highest BCUT2D eigenvalue weighted by atomic mass is 31.2. The summed E-state index contributed by atoms with van der Waals surface area (Å²) in [7, 11) is -5.02. The molecule has 0 radical (unpaired) electrons. The van der Waals surface area contributed by atoms with Crippen LogP contribution in [0, 0.1) is 0 Å². The van der Waals surface area contributed by atoms with Crippen LogP contribution in [0.3, 0.4) is 0 Å². The van der Waals surface area contributed by atoms with Crippen molar-refractivity contribution in [2.45, 2.75) is 307 Å². The summed E-state index contributed by atoms with van der Waals surface area (Å²) < 4.78 is 34.4. The molecule has 0 amide bonds. The quantitative estimate of drug-likeness (QED) is 0.0146. The van der Waals surface area contributed by atoms with Gasteiger partial charge in [0.05, 0.1) is 13.2 Å². The predicted molar refractivity (Wildman–Crippen MR) is 281 cm³/mol. The second-order valence-electron chi connectivity index (χ2n) is 20.1. The Labute approximate surface area is 421 Å². The van der Waals surface area contributed by atoms with E-state index in [1.165, 1.54) is 180 Å². The van der Waals surface area contributed by atoms with Crippen molar-refractivity contribution in [1.82, 2.24) is 0 Å². The zero-order valence-corrected chi connectivity index (χ0v) is 45.0. The maximum atomic E-state index is 12.9. The summed E-state index contributed by atoms with van der Waals surface area (Å²) in [5.41, 5.74) is 0. The van der Waals surface area contributed by atoms with Gasteiger partial charge in [-0.25, -0.2) is 4.57 Å². The summed E-state index contributed by atoms with van der Waals surface area (Å²) in [5.74, 6) is -0.479. The summed E-state index contributed by atoms with van der Waals surface area (Å²) in [5, 5.41) is 50.4. The molecular weight excluding hydrogens is 896 g/mol. The topological polar surface area (TPSA) is 192 Å². The highest BCUT2D eigenvalue weighted by molar-refractivity contribution is 7.47. The molecule has 12 nitrogen and oxygen atoms in total. The largest absolute Gasteiger partial charge is 0.472 e. The normalized spacial score (nSPS) is 21.1. The zero-order chi connectivity index (χ0) is 50.5. The van der Waals surface area contributed by atoms with Crippen LogP contribution in [0.15, 0.2) is 24.3 Å². The monoisotopic (exact) mass is 1000 g/mol. The van der Waals surface area contributed by atoms with E-state index in [1.807, 2.05) is 0 Å². The van der Waals surface area contributed by atoms with Crippen LogP contribution in [-0.4, -0.2) is 98.9 Å². The van der Waals surface area contributed by atoms with Crippen molar-refractivity contribution >= 4 is 13.8 Å². The molecule has 1 fully saturated rings. The van der Waals surface area contributed by atoms with Crippen LogP contribution >= 0.6 is 7.82 Å². The van der Waals surface area contributed by atoms with Crippen LogP contribution < -0.4 is 0 Å². The summed E-state index contributed by atoms with van der Waals surface area (Å²) in [6.45, 7) is 4.29.